The number of benzene rings is 1. The molecule has 1 heterocycles. The molecule has 0 N–H and O–H groups in total. The molecule has 0 amide bonds. The van der Waals surface area contributed by atoms with Crippen molar-refractivity contribution in [2.45, 2.75) is 20.8 Å². The van der Waals surface area contributed by atoms with Gasteiger partial charge in [0.25, 0.3) is 0 Å². The van der Waals surface area contributed by atoms with Crippen molar-refractivity contribution >= 4 is 21.6 Å². The van der Waals surface area contributed by atoms with Crippen LogP contribution in [0.15, 0.2) is 24.3 Å². The zero-order chi connectivity index (χ0) is 15.5. The number of hydrogen-bond donors (Lipinski definition) is 0. The van der Waals surface area contributed by atoms with Gasteiger partial charge in [0.15, 0.2) is 0 Å². The molecule has 1 unspecified atom stereocenters. The largest absolute Gasteiger partial charge is 0.369 e. The molecule has 2 nitrogen and oxygen atoms in total. The van der Waals surface area contributed by atoms with E-state index in [-0.39, 0.29) is 5.82 Å². The Bertz CT molecular complexity index is 433. The summed E-state index contributed by atoms with van der Waals surface area (Å²) in [4.78, 5) is 4.90. The van der Waals surface area contributed by atoms with Crippen LogP contribution in [0.1, 0.15) is 20.8 Å². The van der Waals surface area contributed by atoms with Crippen molar-refractivity contribution in [1.82, 2.24) is 4.90 Å². The average Bonchev–Trinajstić information content (AvgIpc) is 2.45. The molecule has 1 atom stereocenters. The Morgan fingerprint density at radius 2 is 1.67 bits per heavy atom. The van der Waals surface area contributed by atoms with E-state index in [1.54, 1.807) is 12.1 Å². The Kier molecular flexibility index (Phi) is 5.67. The summed E-state index contributed by atoms with van der Waals surface area (Å²) in [5.74, 6) is 0.498. The molecular formula is C17H26BrFN2. The van der Waals surface area contributed by atoms with E-state index >= 15 is 0 Å². The Morgan fingerprint density at radius 3 is 2.14 bits per heavy atom. The summed E-state index contributed by atoms with van der Waals surface area (Å²) in [5.41, 5.74) is 1.46. The molecule has 2 rings (SSSR count). The number of alkyl halides is 1. The topological polar surface area (TPSA) is 6.48 Å². The molecule has 21 heavy (non-hydrogen) atoms. The lowest BCUT2D eigenvalue weighted by molar-refractivity contribution is 0.159. The van der Waals surface area contributed by atoms with E-state index in [2.05, 4.69) is 46.5 Å². The SMILES string of the molecule is CC(C)(C)C(CBr)CN1CCN(c2ccc(F)cc2)CC1. The van der Waals surface area contributed by atoms with Crippen LogP contribution in [-0.4, -0.2) is 43.0 Å². The Labute approximate surface area is 136 Å². The van der Waals surface area contributed by atoms with E-state index in [4.69, 9.17) is 0 Å². The zero-order valence-corrected chi connectivity index (χ0v) is 14.9. The van der Waals surface area contributed by atoms with Gasteiger partial charge in [0, 0.05) is 43.7 Å². The second-order valence-corrected chi connectivity index (χ2v) is 7.63. The zero-order valence-electron chi connectivity index (χ0n) is 13.3. The number of nitrogens with zero attached hydrogens (tertiary/aromatic N) is 2. The van der Waals surface area contributed by atoms with Gasteiger partial charge in [-0.15, -0.1) is 0 Å². The van der Waals surface area contributed by atoms with E-state index in [0.29, 0.717) is 11.3 Å². The molecule has 0 aliphatic carbocycles. The fraction of sp³-hybridized carbons (Fsp3) is 0.647. The van der Waals surface area contributed by atoms with Crippen molar-refractivity contribution < 1.29 is 4.39 Å². The van der Waals surface area contributed by atoms with Crippen LogP contribution in [0.4, 0.5) is 10.1 Å². The van der Waals surface area contributed by atoms with Crippen LogP contribution in [-0.2, 0) is 0 Å². The summed E-state index contributed by atoms with van der Waals surface area (Å²) in [5, 5.41) is 1.05. The third kappa shape index (κ3) is 4.68. The molecule has 118 valence electrons. The maximum Gasteiger partial charge on any atom is 0.123 e. The summed E-state index contributed by atoms with van der Waals surface area (Å²) in [6.07, 6.45) is 0. The molecule has 1 aromatic rings. The summed E-state index contributed by atoms with van der Waals surface area (Å²) in [7, 11) is 0. The minimum atomic E-state index is -0.164. The van der Waals surface area contributed by atoms with Crippen LogP contribution in [0.3, 0.4) is 0 Å². The number of piperazine rings is 1. The molecular weight excluding hydrogens is 331 g/mol. The normalized spacial score (nSPS) is 18.8. The first-order valence-electron chi connectivity index (χ1n) is 7.69. The highest BCUT2D eigenvalue weighted by molar-refractivity contribution is 9.09. The minimum Gasteiger partial charge on any atom is -0.369 e. The van der Waals surface area contributed by atoms with Crippen LogP contribution in [0.5, 0.6) is 0 Å². The standard InChI is InChI=1S/C17H26BrFN2/c1-17(2,3)14(12-18)13-20-8-10-21(11-9-20)16-6-4-15(19)5-7-16/h4-7,14H,8-13H2,1-3H3. The molecule has 1 saturated heterocycles. The quantitative estimate of drug-likeness (QED) is 0.752. The van der Waals surface area contributed by atoms with Gasteiger partial charge in [0.2, 0.25) is 0 Å². The third-order valence-electron chi connectivity index (χ3n) is 4.45. The number of anilines is 1. The molecule has 0 radical (unpaired) electrons. The van der Waals surface area contributed by atoms with Gasteiger partial charge in [0.1, 0.15) is 5.82 Å². The first kappa shape index (κ1) is 16.8. The van der Waals surface area contributed by atoms with Crippen LogP contribution in [0.2, 0.25) is 0 Å². The van der Waals surface area contributed by atoms with Crippen molar-refractivity contribution in [3.05, 3.63) is 30.1 Å². The molecule has 1 aliphatic rings. The Hall–Kier alpha value is -0.610. The predicted molar refractivity (Wildman–Crippen MR) is 91.8 cm³/mol. The minimum absolute atomic E-state index is 0.164. The van der Waals surface area contributed by atoms with Gasteiger partial charge in [-0.1, -0.05) is 36.7 Å². The molecule has 1 fully saturated rings. The molecule has 1 aliphatic heterocycles. The second kappa shape index (κ2) is 7.10. The number of rotatable bonds is 4. The van der Waals surface area contributed by atoms with Gasteiger partial charge in [0.05, 0.1) is 0 Å². The fourth-order valence-electron chi connectivity index (χ4n) is 2.71. The van der Waals surface area contributed by atoms with Gasteiger partial charge in [-0.25, -0.2) is 4.39 Å². The molecule has 0 spiro atoms. The number of halogens is 2. The van der Waals surface area contributed by atoms with E-state index in [1.165, 1.54) is 0 Å². The van der Waals surface area contributed by atoms with Gasteiger partial charge < -0.3 is 4.90 Å². The van der Waals surface area contributed by atoms with Gasteiger partial charge >= 0.3 is 0 Å². The average molecular weight is 357 g/mol. The maximum atomic E-state index is 13.0. The molecule has 0 aromatic heterocycles. The van der Waals surface area contributed by atoms with Crippen molar-refractivity contribution in [2.24, 2.45) is 11.3 Å². The second-order valence-electron chi connectivity index (χ2n) is 6.98. The first-order valence-corrected chi connectivity index (χ1v) is 8.81. The van der Waals surface area contributed by atoms with Crippen LogP contribution >= 0.6 is 15.9 Å². The lowest BCUT2D eigenvalue weighted by atomic mass is 9.81. The first-order chi connectivity index (χ1) is 9.90. The summed E-state index contributed by atoms with van der Waals surface area (Å²) < 4.78 is 13.0. The van der Waals surface area contributed by atoms with E-state index in [0.717, 1.165) is 43.7 Å². The van der Waals surface area contributed by atoms with E-state index in [9.17, 15) is 4.39 Å². The Balaban J connectivity index is 1.87. The molecule has 0 bridgehead atoms. The highest BCUT2D eigenvalue weighted by Gasteiger charge is 2.27. The van der Waals surface area contributed by atoms with Gasteiger partial charge in [-0.05, 0) is 35.6 Å². The summed E-state index contributed by atoms with van der Waals surface area (Å²) in [6.45, 7) is 12.3. The monoisotopic (exact) mass is 356 g/mol. The fourth-order valence-corrected chi connectivity index (χ4v) is 3.88. The molecule has 1 aromatic carbocycles. The highest BCUT2D eigenvalue weighted by Crippen LogP contribution is 2.29. The lowest BCUT2D eigenvalue weighted by Gasteiger charge is -2.40. The van der Waals surface area contributed by atoms with Gasteiger partial charge in [-0.2, -0.15) is 0 Å². The summed E-state index contributed by atoms with van der Waals surface area (Å²) >= 11 is 3.66. The number of hydrogen-bond acceptors (Lipinski definition) is 2. The summed E-state index contributed by atoms with van der Waals surface area (Å²) in [6, 6.07) is 6.84. The van der Waals surface area contributed by atoms with E-state index in [1.807, 2.05) is 12.1 Å². The van der Waals surface area contributed by atoms with E-state index < -0.39 is 0 Å². The predicted octanol–water partition coefficient (Wildman–Crippen LogP) is 4.00. The lowest BCUT2D eigenvalue weighted by Crippen LogP contribution is -2.49. The van der Waals surface area contributed by atoms with Crippen molar-refractivity contribution in [2.75, 3.05) is 43.0 Å². The smallest absolute Gasteiger partial charge is 0.123 e. The van der Waals surface area contributed by atoms with Crippen molar-refractivity contribution in [3.63, 3.8) is 0 Å². The van der Waals surface area contributed by atoms with Gasteiger partial charge in [-0.3, -0.25) is 4.90 Å². The highest BCUT2D eigenvalue weighted by atomic mass is 79.9. The van der Waals surface area contributed by atoms with Crippen LogP contribution in [0, 0.1) is 17.2 Å². The molecule has 4 heteroatoms. The Morgan fingerprint density at radius 1 is 1.10 bits per heavy atom. The molecule has 0 saturated carbocycles. The van der Waals surface area contributed by atoms with Crippen molar-refractivity contribution in [1.29, 1.82) is 0 Å². The van der Waals surface area contributed by atoms with Crippen LogP contribution in [0.25, 0.3) is 0 Å². The van der Waals surface area contributed by atoms with Crippen molar-refractivity contribution in [3.8, 4) is 0 Å². The third-order valence-corrected chi connectivity index (χ3v) is 5.24. The maximum absolute atomic E-state index is 13.0. The van der Waals surface area contributed by atoms with Crippen LogP contribution < -0.4 is 4.90 Å².